The highest BCUT2D eigenvalue weighted by Gasteiger charge is 2.28. The third kappa shape index (κ3) is 5.94. The van der Waals surface area contributed by atoms with Crippen molar-refractivity contribution < 1.29 is 9.90 Å². The Morgan fingerprint density at radius 1 is 1.37 bits per heavy atom. The molecule has 1 fully saturated rings. The van der Waals surface area contributed by atoms with Gasteiger partial charge in [0.05, 0.1) is 5.41 Å². The summed E-state index contributed by atoms with van der Waals surface area (Å²) >= 11 is 0. The van der Waals surface area contributed by atoms with Crippen LogP contribution in [0.4, 0.5) is 0 Å². The van der Waals surface area contributed by atoms with E-state index in [1.54, 1.807) is 13.8 Å². The lowest BCUT2D eigenvalue weighted by molar-refractivity contribution is -0.147. The molecule has 0 bridgehead atoms. The first-order valence-electron chi connectivity index (χ1n) is 7.78. The summed E-state index contributed by atoms with van der Waals surface area (Å²) in [6.07, 6.45) is 7.28. The lowest BCUT2D eigenvalue weighted by Gasteiger charge is -2.21. The fourth-order valence-electron chi connectivity index (χ4n) is 2.79. The van der Waals surface area contributed by atoms with Crippen molar-refractivity contribution >= 4 is 5.97 Å². The molecule has 1 saturated carbocycles. The monoisotopic (exact) mass is 269 g/mol. The van der Waals surface area contributed by atoms with Crippen LogP contribution in [0.15, 0.2) is 0 Å². The maximum absolute atomic E-state index is 11.0. The number of aliphatic carboxylic acids is 1. The first kappa shape index (κ1) is 16.5. The molecule has 3 nitrogen and oxygen atoms in total. The second-order valence-electron chi connectivity index (χ2n) is 7.24. The van der Waals surface area contributed by atoms with Crippen molar-refractivity contribution in [3.05, 3.63) is 0 Å². The maximum atomic E-state index is 11.0. The van der Waals surface area contributed by atoms with Gasteiger partial charge in [-0.05, 0) is 57.9 Å². The molecule has 0 saturated heterocycles. The zero-order valence-corrected chi connectivity index (χ0v) is 13.0. The van der Waals surface area contributed by atoms with Crippen molar-refractivity contribution in [3.8, 4) is 0 Å². The van der Waals surface area contributed by atoms with Gasteiger partial charge in [-0.25, -0.2) is 0 Å². The molecule has 3 heteroatoms. The summed E-state index contributed by atoms with van der Waals surface area (Å²) in [5, 5.41) is 12.6. The van der Waals surface area contributed by atoms with Crippen LogP contribution in [0.3, 0.4) is 0 Å². The summed E-state index contributed by atoms with van der Waals surface area (Å²) < 4.78 is 0. The van der Waals surface area contributed by atoms with E-state index < -0.39 is 11.4 Å². The fraction of sp³-hybridized carbons (Fsp3) is 0.938. The number of hydrogen-bond acceptors (Lipinski definition) is 2. The molecule has 0 aromatic carbocycles. The second kappa shape index (κ2) is 7.28. The standard InChI is InChI=1S/C16H31NO2/c1-12(2)5-6-13-7-8-14(11-13)17-10-9-16(3,4)15(18)19/h12-14,17H,5-11H2,1-4H3,(H,18,19). The lowest BCUT2D eigenvalue weighted by atomic mass is 9.89. The molecule has 2 N–H and O–H groups in total. The van der Waals surface area contributed by atoms with Gasteiger partial charge >= 0.3 is 5.97 Å². The van der Waals surface area contributed by atoms with E-state index in [4.69, 9.17) is 5.11 Å². The molecule has 0 heterocycles. The Labute approximate surface area is 118 Å². The van der Waals surface area contributed by atoms with Crippen molar-refractivity contribution in [2.24, 2.45) is 17.3 Å². The van der Waals surface area contributed by atoms with Gasteiger partial charge in [-0.1, -0.05) is 26.7 Å². The van der Waals surface area contributed by atoms with Crippen LogP contribution in [0.25, 0.3) is 0 Å². The quantitative estimate of drug-likeness (QED) is 0.706. The van der Waals surface area contributed by atoms with Crippen molar-refractivity contribution in [2.75, 3.05) is 6.54 Å². The maximum Gasteiger partial charge on any atom is 0.309 e. The van der Waals surface area contributed by atoms with Gasteiger partial charge in [0.2, 0.25) is 0 Å². The Bertz CT molecular complexity index is 286. The van der Waals surface area contributed by atoms with Gasteiger partial charge < -0.3 is 10.4 Å². The second-order valence-corrected chi connectivity index (χ2v) is 7.24. The van der Waals surface area contributed by atoms with Gasteiger partial charge in [-0.2, -0.15) is 0 Å². The van der Waals surface area contributed by atoms with Crippen molar-refractivity contribution in [1.82, 2.24) is 5.32 Å². The summed E-state index contributed by atoms with van der Waals surface area (Å²) in [4.78, 5) is 11.0. The summed E-state index contributed by atoms with van der Waals surface area (Å²) in [7, 11) is 0. The summed E-state index contributed by atoms with van der Waals surface area (Å²) in [6.45, 7) is 9.01. The predicted molar refractivity (Wildman–Crippen MR) is 79.2 cm³/mol. The smallest absolute Gasteiger partial charge is 0.309 e. The van der Waals surface area contributed by atoms with E-state index in [-0.39, 0.29) is 0 Å². The van der Waals surface area contributed by atoms with E-state index in [9.17, 15) is 4.79 Å². The molecular weight excluding hydrogens is 238 g/mol. The topological polar surface area (TPSA) is 49.3 Å². The number of nitrogens with one attached hydrogen (secondary N) is 1. The molecule has 0 aromatic heterocycles. The number of hydrogen-bond donors (Lipinski definition) is 2. The molecule has 1 rings (SSSR count). The first-order chi connectivity index (χ1) is 8.81. The highest BCUT2D eigenvalue weighted by molar-refractivity contribution is 5.73. The van der Waals surface area contributed by atoms with Crippen LogP contribution in [0, 0.1) is 17.3 Å². The average molecular weight is 269 g/mol. The van der Waals surface area contributed by atoms with Gasteiger partial charge in [-0.15, -0.1) is 0 Å². The molecular formula is C16H31NO2. The Hall–Kier alpha value is -0.570. The minimum Gasteiger partial charge on any atom is -0.481 e. The van der Waals surface area contributed by atoms with Gasteiger partial charge in [0.15, 0.2) is 0 Å². The van der Waals surface area contributed by atoms with E-state index >= 15 is 0 Å². The van der Waals surface area contributed by atoms with Crippen LogP contribution in [0.2, 0.25) is 0 Å². The minimum atomic E-state index is -0.699. The van der Waals surface area contributed by atoms with Crippen molar-refractivity contribution in [2.45, 2.75) is 72.3 Å². The van der Waals surface area contributed by atoms with Crippen molar-refractivity contribution in [3.63, 3.8) is 0 Å². The summed E-state index contributed by atoms with van der Waals surface area (Å²) in [5.74, 6) is 0.992. The number of carboxylic acids is 1. The Kier molecular flexibility index (Phi) is 6.31. The van der Waals surface area contributed by atoms with E-state index in [0.717, 1.165) is 18.4 Å². The number of carbonyl (C=O) groups is 1. The molecule has 0 spiro atoms. The molecule has 2 atom stereocenters. The highest BCUT2D eigenvalue weighted by Crippen LogP contribution is 2.30. The molecule has 0 radical (unpaired) electrons. The first-order valence-corrected chi connectivity index (χ1v) is 7.78. The van der Waals surface area contributed by atoms with Crippen LogP contribution >= 0.6 is 0 Å². The average Bonchev–Trinajstić information content (AvgIpc) is 2.74. The van der Waals surface area contributed by atoms with Crippen LogP contribution in [-0.4, -0.2) is 23.7 Å². The summed E-state index contributed by atoms with van der Waals surface area (Å²) in [5.41, 5.74) is -0.608. The zero-order valence-electron chi connectivity index (χ0n) is 13.0. The van der Waals surface area contributed by atoms with Gasteiger partial charge in [0, 0.05) is 6.04 Å². The molecule has 2 unspecified atom stereocenters. The number of carboxylic acid groups (broad SMARTS) is 1. The highest BCUT2D eigenvalue weighted by atomic mass is 16.4. The predicted octanol–water partition coefficient (Wildman–Crippen LogP) is 3.68. The zero-order chi connectivity index (χ0) is 14.5. The van der Waals surface area contributed by atoms with Crippen molar-refractivity contribution in [1.29, 1.82) is 0 Å². The molecule has 0 aliphatic heterocycles. The Morgan fingerprint density at radius 2 is 2.05 bits per heavy atom. The fourth-order valence-corrected chi connectivity index (χ4v) is 2.79. The third-order valence-electron chi connectivity index (χ3n) is 4.46. The van der Waals surface area contributed by atoms with Crippen LogP contribution in [0.5, 0.6) is 0 Å². The SMILES string of the molecule is CC(C)CCC1CCC(NCCC(C)(C)C(=O)O)C1. The molecule has 0 amide bonds. The molecule has 19 heavy (non-hydrogen) atoms. The van der Waals surface area contributed by atoms with Crippen LogP contribution in [0.1, 0.15) is 66.2 Å². The minimum absolute atomic E-state index is 0.608. The number of rotatable bonds is 8. The van der Waals surface area contributed by atoms with E-state index in [0.29, 0.717) is 12.5 Å². The Balaban J connectivity index is 2.17. The van der Waals surface area contributed by atoms with Gasteiger partial charge in [-0.3, -0.25) is 4.79 Å². The van der Waals surface area contributed by atoms with Crippen LogP contribution in [-0.2, 0) is 4.79 Å². The van der Waals surface area contributed by atoms with E-state index in [2.05, 4.69) is 19.2 Å². The lowest BCUT2D eigenvalue weighted by Crippen LogP contribution is -2.33. The normalized spacial score (nSPS) is 24.1. The molecule has 1 aliphatic rings. The van der Waals surface area contributed by atoms with Gasteiger partial charge in [0.1, 0.15) is 0 Å². The molecule has 1 aliphatic carbocycles. The van der Waals surface area contributed by atoms with E-state index in [1.165, 1.54) is 32.1 Å². The Morgan fingerprint density at radius 3 is 2.63 bits per heavy atom. The van der Waals surface area contributed by atoms with E-state index in [1.807, 2.05) is 0 Å². The third-order valence-corrected chi connectivity index (χ3v) is 4.46. The van der Waals surface area contributed by atoms with Gasteiger partial charge in [0.25, 0.3) is 0 Å². The summed E-state index contributed by atoms with van der Waals surface area (Å²) in [6, 6.07) is 0.613. The largest absolute Gasteiger partial charge is 0.481 e. The molecule has 0 aromatic rings. The van der Waals surface area contributed by atoms with Crippen LogP contribution < -0.4 is 5.32 Å². The molecule has 112 valence electrons.